The van der Waals surface area contributed by atoms with Crippen molar-refractivity contribution in [1.29, 1.82) is 10.5 Å². The Kier molecular flexibility index (Phi) is 13.3. The van der Waals surface area contributed by atoms with Gasteiger partial charge in [-0.1, -0.05) is 94.8 Å². The smallest absolute Gasteiger partial charge is 0.309 e. The third-order valence-electron chi connectivity index (χ3n) is 11.0. The molecular weight excluding hydrogens is 665 g/mol. The van der Waals surface area contributed by atoms with E-state index >= 15 is 0 Å². The average Bonchev–Trinajstić information content (AvgIpc) is 3.82. The number of nitrogens with zero attached hydrogens (tertiary/aromatic N) is 4. The molecule has 0 saturated heterocycles. The van der Waals surface area contributed by atoms with E-state index in [1.165, 1.54) is 11.3 Å². The number of aliphatic carboxylic acids is 1. The molecule has 52 heavy (non-hydrogen) atoms. The molecule has 272 valence electrons. The van der Waals surface area contributed by atoms with Gasteiger partial charge in [-0.3, -0.25) is 4.79 Å². The van der Waals surface area contributed by atoms with Crippen LogP contribution in [-0.4, -0.2) is 46.2 Å². The Morgan fingerprint density at radius 2 is 1.60 bits per heavy atom. The zero-order valence-electron chi connectivity index (χ0n) is 31.0. The number of hydrogen-bond acceptors (Lipinski definition) is 6. The van der Waals surface area contributed by atoms with Crippen molar-refractivity contribution in [3.05, 3.63) is 105 Å². The minimum Gasteiger partial charge on any atom is -0.481 e. The molecule has 7 nitrogen and oxygen atoms in total. The van der Waals surface area contributed by atoms with E-state index in [2.05, 4.69) is 79.6 Å². The molecule has 2 N–H and O–H groups in total. The maximum absolute atomic E-state index is 12.0. The SMILES string of the molecule is CCCCC1(CCCC)C(=C/C(C#N)=C(\C#N)C2=[N+](CCC(=O)O)c3ccccc3C2(C)Cc2cccs2)N(CCCCCCO)c2ccccc21. The van der Waals surface area contributed by atoms with Gasteiger partial charge < -0.3 is 15.1 Å². The highest BCUT2D eigenvalue weighted by Crippen LogP contribution is 2.54. The molecule has 2 aliphatic rings. The summed E-state index contributed by atoms with van der Waals surface area (Å²) in [4.78, 5) is 15.6. The van der Waals surface area contributed by atoms with Gasteiger partial charge in [-0.15, -0.1) is 11.3 Å². The van der Waals surface area contributed by atoms with Crippen molar-refractivity contribution in [1.82, 2.24) is 0 Å². The Morgan fingerprint density at radius 3 is 2.23 bits per heavy atom. The van der Waals surface area contributed by atoms with Crippen LogP contribution in [0.4, 0.5) is 11.4 Å². The molecule has 5 rings (SSSR count). The standard InChI is InChI=1S/C44H52N4O3S/c1-4-6-23-44(24-7-5-2)37-19-11-13-21-39(37)47(25-14-8-9-15-27-49)40(44)29-33(31-45)35(32-46)42-43(3,30-34-17-16-28-52-34)36-18-10-12-20-38(36)48(42)26-22-41(50)51/h10-13,16-21,28-29,49H,4-9,14-15,22-27,30H2,1-3H3/p+1. The van der Waals surface area contributed by atoms with Gasteiger partial charge in [0.05, 0.1) is 11.0 Å². The summed E-state index contributed by atoms with van der Waals surface area (Å²) in [5, 5.41) is 43.6. The topological polar surface area (TPSA) is 111 Å². The van der Waals surface area contributed by atoms with Gasteiger partial charge in [0, 0.05) is 52.9 Å². The minimum atomic E-state index is -0.913. The maximum Gasteiger partial charge on any atom is 0.309 e. The van der Waals surface area contributed by atoms with E-state index in [0.29, 0.717) is 23.3 Å². The predicted molar refractivity (Wildman–Crippen MR) is 210 cm³/mol. The highest BCUT2D eigenvalue weighted by molar-refractivity contribution is 7.09. The molecule has 0 aliphatic carbocycles. The zero-order chi connectivity index (χ0) is 37.1. The Bertz CT molecular complexity index is 1890. The van der Waals surface area contributed by atoms with Crippen LogP contribution >= 0.6 is 11.3 Å². The van der Waals surface area contributed by atoms with E-state index in [4.69, 9.17) is 0 Å². The van der Waals surface area contributed by atoms with Crippen molar-refractivity contribution in [2.45, 2.75) is 109 Å². The zero-order valence-corrected chi connectivity index (χ0v) is 31.9. The molecule has 0 radical (unpaired) electrons. The lowest BCUT2D eigenvalue weighted by Gasteiger charge is -2.34. The quantitative estimate of drug-likeness (QED) is 0.0726. The predicted octanol–water partition coefficient (Wildman–Crippen LogP) is 9.74. The summed E-state index contributed by atoms with van der Waals surface area (Å²) in [5.41, 5.74) is 5.76. The second kappa shape index (κ2) is 17.8. The molecule has 3 heterocycles. The molecule has 0 fully saturated rings. The van der Waals surface area contributed by atoms with Gasteiger partial charge in [0.25, 0.3) is 0 Å². The fourth-order valence-electron chi connectivity index (χ4n) is 8.49. The van der Waals surface area contributed by atoms with Gasteiger partial charge in [0.1, 0.15) is 24.1 Å². The number of carboxylic acids is 1. The number of fused-ring (bicyclic) bond motifs is 2. The fraction of sp³-hybridized carbons (Fsp3) is 0.455. The number of thiophene rings is 1. The lowest BCUT2D eigenvalue weighted by atomic mass is 9.71. The van der Waals surface area contributed by atoms with Crippen LogP contribution < -0.4 is 4.90 Å². The molecule has 0 bridgehead atoms. The van der Waals surface area contributed by atoms with Gasteiger partial charge >= 0.3 is 5.97 Å². The number of para-hydroxylation sites is 2. The fourth-order valence-corrected chi connectivity index (χ4v) is 9.35. The summed E-state index contributed by atoms with van der Waals surface area (Å²) in [6.45, 7) is 7.74. The number of allylic oxidation sites excluding steroid dienone is 4. The van der Waals surface area contributed by atoms with Crippen LogP contribution in [0.5, 0.6) is 0 Å². The van der Waals surface area contributed by atoms with Crippen LogP contribution in [-0.2, 0) is 22.0 Å². The number of benzene rings is 2. The van der Waals surface area contributed by atoms with Crippen molar-refractivity contribution < 1.29 is 19.6 Å². The first kappa shape index (κ1) is 38.7. The van der Waals surface area contributed by atoms with Crippen LogP contribution in [0.1, 0.15) is 107 Å². The third-order valence-corrected chi connectivity index (χ3v) is 11.8. The minimum absolute atomic E-state index is 0.106. The van der Waals surface area contributed by atoms with Gasteiger partial charge in [-0.05, 0) is 61.8 Å². The van der Waals surface area contributed by atoms with Crippen LogP contribution in [0, 0.1) is 22.7 Å². The summed E-state index contributed by atoms with van der Waals surface area (Å²) >= 11 is 1.66. The summed E-state index contributed by atoms with van der Waals surface area (Å²) in [6, 6.07) is 25.9. The van der Waals surface area contributed by atoms with Crippen molar-refractivity contribution >= 4 is 34.4 Å². The number of rotatable bonds is 19. The van der Waals surface area contributed by atoms with Gasteiger partial charge in [0.15, 0.2) is 6.54 Å². The summed E-state index contributed by atoms with van der Waals surface area (Å²) in [7, 11) is 0. The van der Waals surface area contributed by atoms with Crippen molar-refractivity contribution in [2.24, 2.45) is 0 Å². The lowest BCUT2D eigenvalue weighted by molar-refractivity contribution is -0.437. The summed E-state index contributed by atoms with van der Waals surface area (Å²) in [5.74, 6) is -0.913. The maximum atomic E-state index is 12.0. The molecule has 0 spiro atoms. The van der Waals surface area contributed by atoms with E-state index in [1.54, 1.807) is 11.3 Å². The van der Waals surface area contributed by atoms with Crippen LogP contribution in [0.15, 0.2) is 89.0 Å². The summed E-state index contributed by atoms with van der Waals surface area (Å²) < 4.78 is 2.00. The van der Waals surface area contributed by atoms with Gasteiger partial charge in [0.2, 0.25) is 11.4 Å². The number of nitriles is 2. The average molecular weight is 718 g/mol. The number of anilines is 1. The molecular formula is C44H53N4O3S+. The van der Waals surface area contributed by atoms with E-state index in [1.807, 2.05) is 34.9 Å². The van der Waals surface area contributed by atoms with Crippen LogP contribution in [0.2, 0.25) is 0 Å². The second-order valence-electron chi connectivity index (χ2n) is 14.4. The van der Waals surface area contributed by atoms with E-state index in [-0.39, 0.29) is 25.0 Å². The second-order valence-corrected chi connectivity index (χ2v) is 15.4. The molecule has 2 aromatic carbocycles. The van der Waals surface area contributed by atoms with Crippen molar-refractivity contribution in [3.63, 3.8) is 0 Å². The van der Waals surface area contributed by atoms with Crippen molar-refractivity contribution in [2.75, 3.05) is 24.6 Å². The lowest BCUT2D eigenvalue weighted by Crippen LogP contribution is -2.37. The van der Waals surface area contributed by atoms with Crippen molar-refractivity contribution in [3.8, 4) is 12.1 Å². The molecule has 0 amide bonds. The Labute approximate surface area is 313 Å². The van der Waals surface area contributed by atoms with Crippen LogP contribution in [0.25, 0.3) is 0 Å². The number of carbonyl (C=O) groups is 1. The molecule has 3 aromatic rings. The Morgan fingerprint density at radius 1 is 0.904 bits per heavy atom. The highest BCUT2D eigenvalue weighted by Gasteiger charge is 2.52. The first-order valence-corrected chi connectivity index (χ1v) is 19.9. The Hall–Kier alpha value is -4.50. The monoisotopic (exact) mass is 717 g/mol. The molecule has 0 saturated carbocycles. The normalized spacial score (nSPS) is 18.6. The molecule has 2 aliphatic heterocycles. The van der Waals surface area contributed by atoms with E-state index in [9.17, 15) is 25.5 Å². The number of carboxylic acid groups (broad SMARTS) is 1. The summed E-state index contributed by atoms with van der Waals surface area (Å²) in [6.07, 6.45) is 12.2. The van der Waals surface area contributed by atoms with E-state index < -0.39 is 11.4 Å². The number of aliphatic hydroxyl groups is 1. The van der Waals surface area contributed by atoms with Gasteiger partial charge in [-0.25, -0.2) is 0 Å². The molecule has 1 atom stereocenters. The number of hydrogen-bond donors (Lipinski definition) is 2. The highest BCUT2D eigenvalue weighted by atomic mass is 32.1. The van der Waals surface area contributed by atoms with Gasteiger partial charge in [-0.2, -0.15) is 15.1 Å². The molecule has 1 unspecified atom stereocenters. The first-order chi connectivity index (χ1) is 25.3. The number of aliphatic hydroxyl groups excluding tert-OH is 1. The Balaban J connectivity index is 1.78. The molecule has 8 heteroatoms. The molecule has 1 aromatic heterocycles. The first-order valence-electron chi connectivity index (χ1n) is 19.0. The largest absolute Gasteiger partial charge is 0.481 e. The number of unbranched alkanes of at least 4 members (excludes halogenated alkanes) is 5. The third kappa shape index (κ3) is 7.80. The van der Waals surface area contributed by atoms with Crippen LogP contribution in [0.3, 0.4) is 0 Å². The van der Waals surface area contributed by atoms with E-state index in [0.717, 1.165) is 92.6 Å².